The van der Waals surface area contributed by atoms with Gasteiger partial charge in [0.15, 0.2) is 0 Å². The van der Waals surface area contributed by atoms with Crippen LogP contribution in [0.15, 0.2) is 6.20 Å². The molecule has 1 N–H and O–H groups in total. The molecule has 14 heavy (non-hydrogen) atoms. The third-order valence-corrected chi connectivity index (χ3v) is 3.55. The largest absolute Gasteiger partial charge is 0.389 e. The van der Waals surface area contributed by atoms with E-state index < -0.39 is 5.60 Å². The summed E-state index contributed by atoms with van der Waals surface area (Å²) < 4.78 is 1.67. The summed E-state index contributed by atoms with van der Waals surface area (Å²) in [6.45, 7) is 4.21. The smallest absolute Gasteiger partial charge is 0.0855 e. The Labute approximate surface area is 83.9 Å². The standard InChI is InChI=1S/C10H17N3O/c1-9(2)4-5-10(9,14)6-8-7-13(3)12-11-8/h7,14H,4-6H2,1-3H3. The van der Waals surface area contributed by atoms with Crippen molar-refractivity contribution in [3.63, 3.8) is 0 Å². The lowest BCUT2D eigenvalue weighted by molar-refractivity contribution is -0.147. The van der Waals surface area contributed by atoms with Crippen molar-refractivity contribution >= 4 is 0 Å². The van der Waals surface area contributed by atoms with E-state index in [1.54, 1.807) is 4.68 Å². The molecule has 1 unspecified atom stereocenters. The summed E-state index contributed by atoms with van der Waals surface area (Å²) in [6.07, 6.45) is 4.44. The number of hydrogen-bond acceptors (Lipinski definition) is 3. The Morgan fingerprint density at radius 1 is 1.50 bits per heavy atom. The summed E-state index contributed by atoms with van der Waals surface area (Å²) in [5, 5.41) is 18.2. The zero-order valence-electron chi connectivity index (χ0n) is 8.99. The van der Waals surface area contributed by atoms with Crippen LogP contribution in [0.2, 0.25) is 0 Å². The topological polar surface area (TPSA) is 50.9 Å². The van der Waals surface area contributed by atoms with Gasteiger partial charge in [0.05, 0.1) is 11.3 Å². The van der Waals surface area contributed by atoms with Crippen LogP contribution in [0.5, 0.6) is 0 Å². The van der Waals surface area contributed by atoms with E-state index in [9.17, 15) is 5.11 Å². The molecule has 78 valence electrons. The van der Waals surface area contributed by atoms with Crippen LogP contribution in [0.25, 0.3) is 0 Å². The Balaban J connectivity index is 2.11. The monoisotopic (exact) mass is 195 g/mol. The van der Waals surface area contributed by atoms with E-state index >= 15 is 0 Å². The minimum absolute atomic E-state index is 0.0184. The highest BCUT2D eigenvalue weighted by Crippen LogP contribution is 2.50. The minimum Gasteiger partial charge on any atom is -0.389 e. The SMILES string of the molecule is Cn1cc(CC2(O)CCC2(C)C)nn1. The lowest BCUT2D eigenvalue weighted by Gasteiger charge is -2.52. The first kappa shape index (κ1) is 9.65. The van der Waals surface area contributed by atoms with Crippen molar-refractivity contribution in [1.82, 2.24) is 15.0 Å². The molecular weight excluding hydrogens is 178 g/mol. The van der Waals surface area contributed by atoms with Gasteiger partial charge >= 0.3 is 0 Å². The molecule has 1 heterocycles. The fraction of sp³-hybridized carbons (Fsp3) is 0.800. The van der Waals surface area contributed by atoms with Gasteiger partial charge in [0.25, 0.3) is 0 Å². The van der Waals surface area contributed by atoms with Crippen LogP contribution in [0.3, 0.4) is 0 Å². The molecule has 4 heteroatoms. The molecule has 4 nitrogen and oxygen atoms in total. The van der Waals surface area contributed by atoms with Gasteiger partial charge in [-0.3, -0.25) is 4.68 Å². The number of aryl methyl sites for hydroxylation is 1. The van der Waals surface area contributed by atoms with Crippen molar-refractivity contribution in [3.05, 3.63) is 11.9 Å². The van der Waals surface area contributed by atoms with Crippen molar-refractivity contribution in [2.75, 3.05) is 0 Å². The third-order valence-electron chi connectivity index (χ3n) is 3.55. The fourth-order valence-corrected chi connectivity index (χ4v) is 2.02. The van der Waals surface area contributed by atoms with E-state index in [1.165, 1.54) is 0 Å². The molecule has 0 aromatic carbocycles. The van der Waals surface area contributed by atoms with E-state index in [-0.39, 0.29) is 5.41 Å². The highest BCUT2D eigenvalue weighted by atomic mass is 16.3. The Hall–Kier alpha value is -0.900. The van der Waals surface area contributed by atoms with Crippen LogP contribution < -0.4 is 0 Å². The molecular formula is C10H17N3O. The number of nitrogens with zero attached hydrogens (tertiary/aromatic N) is 3. The first-order valence-corrected chi connectivity index (χ1v) is 5.01. The second-order valence-electron chi connectivity index (χ2n) is 4.98. The molecule has 0 saturated heterocycles. The predicted molar refractivity (Wildman–Crippen MR) is 52.7 cm³/mol. The Kier molecular flexibility index (Phi) is 1.93. The van der Waals surface area contributed by atoms with E-state index in [0.29, 0.717) is 6.42 Å². The van der Waals surface area contributed by atoms with Gasteiger partial charge in [0, 0.05) is 19.7 Å². The number of hydrogen-bond donors (Lipinski definition) is 1. The maximum Gasteiger partial charge on any atom is 0.0855 e. The van der Waals surface area contributed by atoms with E-state index in [0.717, 1.165) is 18.5 Å². The number of aliphatic hydroxyl groups is 1. The van der Waals surface area contributed by atoms with Gasteiger partial charge in [-0.25, -0.2) is 0 Å². The normalized spacial score (nSPS) is 30.0. The molecule has 1 aromatic rings. The molecule has 0 aliphatic heterocycles. The molecule has 1 atom stereocenters. The van der Waals surface area contributed by atoms with Crippen LogP contribution in [0.1, 0.15) is 32.4 Å². The Bertz CT molecular complexity index is 345. The summed E-state index contributed by atoms with van der Waals surface area (Å²) in [5.41, 5.74) is 0.316. The highest BCUT2D eigenvalue weighted by Gasteiger charge is 2.51. The maximum atomic E-state index is 10.3. The molecule has 2 rings (SSSR count). The van der Waals surface area contributed by atoms with Gasteiger partial charge in [-0.15, -0.1) is 5.10 Å². The van der Waals surface area contributed by atoms with E-state index in [2.05, 4.69) is 24.2 Å². The Morgan fingerprint density at radius 2 is 2.21 bits per heavy atom. The van der Waals surface area contributed by atoms with E-state index in [1.807, 2.05) is 13.2 Å². The van der Waals surface area contributed by atoms with Crippen molar-refractivity contribution in [2.24, 2.45) is 12.5 Å². The molecule has 1 fully saturated rings. The second-order valence-corrected chi connectivity index (χ2v) is 4.98. The van der Waals surface area contributed by atoms with Gasteiger partial charge in [-0.05, 0) is 18.3 Å². The molecule has 0 spiro atoms. The van der Waals surface area contributed by atoms with Gasteiger partial charge in [0.2, 0.25) is 0 Å². The molecule has 1 aliphatic carbocycles. The molecule has 0 amide bonds. The fourth-order valence-electron chi connectivity index (χ4n) is 2.02. The minimum atomic E-state index is -0.580. The van der Waals surface area contributed by atoms with Crippen molar-refractivity contribution in [2.45, 2.75) is 38.7 Å². The average Bonchev–Trinajstić information content (AvgIpc) is 2.49. The van der Waals surface area contributed by atoms with Crippen LogP contribution in [0, 0.1) is 5.41 Å². The van der Waals surface area contributed by atoms with Crippen LogP contribution in [-0.4, -0.2) is 25.7 Å². The summed E-state index contributed by atoms with van der Waals surface area (Å²) in [7, 11) is 1.84. The zero-order valence-corrected chi connectivity index (χ0v) is 8.99. The predicted octanol–water partition coefficient (Wildman–Crippen LogP) is 0.909. The van der Waals surface area contributed by atoms with Gasteiger partial charge in [0.1, 0.15) is 0 Å². The first-order valence-electron chi connectivity index (χ1n) is 5.01. The molecule has 0 radical (unpaired) electrons. The Morgan fingerprint density at radius 3 is 2.57 bits per heavy atom. The zero-order chi connectivity index (χ0) is 10.4. The summed E-state index contributed by atoms with van der Waals surface area (Å²) >= 11 is 0. The summed E-state index contributed by atoms with van der Waals surface area (Å²) in [6, 6.07) is 0. The lowest BCUT2D eigenvalue weighted by Crippen LogP contribution is -2.55. The van der Waals surface area contributed by atoms with E-state index in [4.69, 9.17) is 0 Å². The van der Waals surface area contributed by atoms with Crippen LogP contribution in [0.4, 0.5) is 0 Å². The second kappa shape index (κ2) is 2.79. The van der Waals surface area contributed by atoms with Crippen LogP contribution >= 0.6 is 0 Å². The number of rotatable bonds is 2. The third kappa shape index (κ3) is 1.34. The van der Waals surface area contributed by atoms with Gasteiger partial charge in [-0.2, -0.15) is 0 Å². The summed E-state index contributed by atoms with van der Waals surface area (Å²) in [5.74, 6) is 0. The van der Waals surface area contributed by atoms with Gasteiger partial charge in [-0.1, -0.05) is 19.1 Å². The maximum absolute atomic E-state index is 10.3. The molecule has 1 aliphatic rings. The quantitative estimate of drug-likeness (QED) is 0.763. The van der Waals surface area contributed by atoms with Crippen molar-refractivity contribution in [1.29, 1.82) is 0 Å². The molecule has 0 bridgehead atoms. The van der Waals surface area contributed by atoms with Gasteiger partial charge < -0.3 is 5.11 Å². The van der Waals surface area contributed by atoms with Crippen LogP contribution in [-0.2, 0) is 13.5 Å². The first-order chi connectivity index (χ1) is 6.43. The number of aromatic nitrogens is 3. The highest BCUT2D eigenvalue weighted by molar-refractivity contribution is 5.10. The van der Waals surface area contributed by atoms with Crippen molar-refractivity contribution < 1.29 is 5.11 Å². The summed E-state index contributed by atoms with van der Waals surface area (Å²) in [4.78, 5) is 0. The molecule has 1 saturated carbocycles. The average molecular weight is 195 g/mol. The van der Waals surface area contributed by atoms with Crippen molar-refractivity contribution in [3.8, 4) is 0 Å². The lowest BCUT2D eigenvalue weighted by atomic mass is 9.57. The molecule has 1 aromatic heterocycles.